The van der Waals surface area contributed by atoms with Gasteiger partial charge in [-0.15, -0.1) is 0 Å². The Hall–Kier alpha value is -1.88. The Morgan fingerprint density at radius 1 is 1.26 bits per heavy atom. The van der Waals surface area contributed by atoms with Crippen LogP contribution in [0.1, 0.15) is 12.5 Å². The van der Waals surface area contributed by atoms with Crippen molar-refractivity contribution in [2.24, 2.45) is 0 Å². The van der Waals surface area contributed by atoms with Crippen LogP contribution in [-0.4, -0.2) is 42.5 Å². The number of benzene rings is 1. The average Bonchev–Trinajstić information content (AvgIpc) is 2.42. The van der Waals surface area contributed by atoms with Gasteiger partial charge < -0.3 is 15.0 Å². The Balaban J connectivity index is 2.16. The molecule has 0 aliphatic carbocycles. The van der Waals surface area contributed by atoms with Crippen molar-refractivity contribution < 1.29 is 14.3 Å². The van der Waals surface area contributed by atoms with E-state index in [1.54, 1.807) is 11.8 Å². The van der Waals surface area contributed by atoms with Gasteiger partial charge in [0.2, 0.25) is 11.8 Å². The zero-order valence-electron chi connectivity index (χ0n) is 11.1. The maximum atomic E-state index is 12.3. The topological polar surface area (TPSA) is 58.6 Å². The molecule has 1 aromatic carbocycles. The molecule has 1 N–H and O–H groups in total. The first-order valence-corrected chi connectivity index (χ1v) is 6.27. The monoisotopic (exact) mass is 262 g/mol. The summed E-state index contributed by atoms with van der Waals surface area (Å²) in [5.41, 5.74) is 1.01. The van der Waals surface area contributed by atoms with Gasteiger partial charge in [-0.3, -0.25) is 9.59 Å². The number of carbonyl (C=O) groups excluding carboxylic acids is 2. The van der Waals surface area contributed by atoms with Gasteiger partial charge in [0.25, 0.3) is 0 Å². The lowest BCUT2D eigenvalue weighted by Gasteiger charge is -2.37. The number of carbonyl (C=O) groups is 2. The number of amides is 2. The molecule has 1 saturated heterocycles. The molecule has 1 aromatic rings. The van der Waals surface area contributed by atoms with Crippen LogP contribution in [0.5, 0.6) is 0 Å². The van der Waals surface area contributed by atoms with Crippen LogP contribution < -0.4 is 5.32 Å². The fourth-order valence-corrected chi connectivity index (χ4v) is 2.16. The van der Waals surface area contributed by atoms with E-state index in [0.717, 1.165) is 5.56 Å². The Morgan fingerprint density at radius 2 is 1.95 bits per heavy atom. The highest BCUT2D eigenvalue weighted by Gasteiger charge is 2.37. The molecule has 102 valence electrons. The van der Waals surface area contributed by atoms with E-state index >= 15 is 0 Å². The molecule has 5 nitrogen and oxygen atoms in total. The van der Waals surface area contributed by atoms with Crippen LogP contribution in [0.15, 0.2) is 30.3 Å². The Kier molecular flexibility index (Phi) is 4.16. The molecule has 0 radical (unpaired) electrons. The first-order chi connectivity index (χ1) is 9.13. The molecule has 0 unspecified atom stereocenters. The first kappa shape index (κ1) is 13.5. The van der Waals surface area contributed by atoms with Crippen molar-refractivity contribution in [2.75, 3.05) is 13.7 Å². The van der Waals surface area contributed by atoms with Crippen LogP contribution in [0.4, 0.5) is 0 Å². The minimum Gasteiger partial charge on any atom is -0.382 e. The lowest BCUT2D eigenvalue weighted by molar-refractivity contribution is -0.150. The lowest BCUT2D eigenvalue weighted by atomic mass is 10.1. The molecule has 2 atom stereocenters. The van der Waals surface area contributed by atoms with E-state index < -0.39 is 12.1 Å². The summed E-state index contributed by atoms with van der Waals surface area (Å²) in [6.07, 6.45) is 0. The maximum absolute atomic E-state index is 12.3. The largest absolute Gasteiger partial charge is 0.382 e. The Morgan fingerprint density at radius 3 is 2.58 bits per heavy atom. The van der Waals surface area contributed by atoms with Crippen LogP contribution in [0.25, 0.3) is 0 Å². The number of hydrogen-bond acceptors (Lipinski definition) is 3. The molecule has 19 heavy (non-hydrogen) atoms. The molecule has 2 amide bonds. The summed E-state index contributed by atoms with van der Waals surface area (Å²) in [6, 6.07) is 8.60. The summed E-state index contributed by atoms with van der Waals surface area (Å²) >= 11 is 0. The normalized spacial score (nSPS) is 23.4. The molecule has 0 aromatic heterocycles. The van der Waals surface area contributed by atoms with Crippen molar-refractivity contribution in [3.63, 3.8) is 0 Å². The third-order valence-corrected chi connectivity index (χ3v) is 3.27. The van der Waals surface area contributed by atoms with Gasteiger partial charge >= 0.3 is 0 Å². The van der Waals surface area contributed by atoms with Gasteiger partial charge in [-0.2, -0.15) is 0 Å². The minimum atomic E-state index is -0.586. The predicted molar refractivity (Wildman–Crippen MR) is 70.3 cm³/mol. The van der Waals surface area contributed by atoms with Gasteiger partial charge in [0.15, 0.2) is 0 Å². The van der Waals surface area contributed by atoms with Crippen molar-refractivity contribution in [2.45, 2.75) is 25.6 Å². The average molecular weight is 262 g/mol. The second kappa shape index (κ2) is 5.84. The van der Waals surface area contributed by atoms with Gasteiger partial charge in [0, 0.05) is 13.7 Å². The summed E-state index contributed by atoms with van der Waals surface area (Å²) < 4.78 is 4.97. The number of hydrogen-bond donors (Lipinski definition) is 1. The molecule has 1 heterocycles. The van der Waals surface area contributed by atoms with Gasteiger partial charge in [0.1, 0.15) is 12.1 Å². The molecule has 5 heteroatoms. The highest BCUT2D eigenvalue weighted by atomic mass is 16.5. The predicted octanol–water partition coefficient (Wildman–Crippen LogP) is 0.548. The Labute approximate surface area is 112 Å². The second-order valence-corrected chi connectivity index (χ2v) is 4.64. The van der Waals surface area contributed by atoms with E-state index in [2.05, 4.69) is 5.32 Å². The standard InChI is InChI=1S/C14H18N2O3/c1-10-13(17)15-12(9-19-2)14(18)16(10)8-11-6-4-3-5-7-11/h3-7,10,12H,8-9H2,1-2H3,(H,15,17)/t10-,12+/m1/s1. The van der Waals surface area contributed by atoms with Crippen LogP contribution in [0, 0.1) is 0 Å². The number of nitrogens with zero attached hydrogens (tertiary/aromatic N) is 1. The molecule has 1 aliphatic heterocycles. The van der Waals surface area contributed by atoms with Gasteiger partial charge in [0.05, 0.1) is 6.61 Å². The zero-order chi connectivity index (χ0) is 13.8. The minimum absolute atomic E-state index is 0.0993. The fourth-order valence-electron chi connectivity index (χ4n) is 2.16. The molecule has 1 aliphatic rings. The van der Waals surface area contributed by atoms with E-state index in [1.165, 1.54) is 7.11 Å². The van der Waals surface area contributed by atoms with E-state index in [4.69, 9.17) is 4.74 Å². The molecular formula is C14H18N2O3. The van der Waals surface area contributed by atoms with Crippen molar-refractivity contribution in [3.8, 4) is 0 Å². The number of methoxy groups -OCH3 is 1. The Bertz CT molecular complexity index is 461. The number of ether oxygens (including phenoxy) is 1. The van der Waals surface area contributed by atoms with Crippen LogP contribution in [0.3, 0.4) is 0 Å². The van der Waals surface area contributed by atoms with E-state index in [-0.39, 0.29) is 18.4 Å². The van der Waals surface area contributed by atoms with E-state index in [0.29, 0.717) is 6.54 Å². The summed E-state index contributed by atoms with van der Waals surface area (Å²) in [7, 11) is 1.51. The summed E-state index contributed by atoms with van der Waals surface area (Å²) in [5.74, 6) is -0.240. The van der Waals surface area contributed by atoms with E-state index in [1.807, 2.05) is 30.3 Å². The quantitative estimate of drug-likeness (QED) is 0.862. The highest BCUT2D eigenvalue weighted by Crippen LogP contribution is 2.14. The molecule has 0 spiro atoms. The first-order valence-electron chi connectivity index (χ1n) is 6.27. The molecule has 1 fully saturated rings. The molecular weight excluding hydrogens is 244 g/mol. The van der Waals surface area contributed by atoms with Crippen molar-refractivity contribution in [3.05, 3.63) is 35.9 Å². The third kappa shape index (κ3) is 2.93. The maximum Gasteiger partial charge on any atom is 0.248 e. The number of piperazine rings is 1. The number of nitrogens with one attached hydrogen (secondary N) is 1. The zero-order valence-corrected chi connectivity index (χ0v) is 11.1. The van der Waals surface area contributed by atoms with Crippen LogP contribution >= 0.6 is 0 Å². The lowest BCUT2D eigenvalue weighted by Crippen LogP contribution is -2.63. The summed E-state index contributed by atoms with van der Waals surface area (Å²) in [4.78, 5) is 25.8. The van der Waals surface area contributed by atoms with Gasteiger partial charge in [-0.1, -0.05) is 30.3 Å². The van der Waals surface area contributed by atoms with Crippen molar-refractivity contribution in [1.29, 1.82) is 0 Å². The SMILES string of the molecule is COC[C@@H]1NC(=O)[C@@H](C)N(Cc2ccccc2)C1=O. The van der Waals surface area contributed by atoms with Crippen LogP contribution in [-0.2, 0) is 20.9 Å². The second-order valence-electron chi connectivity index (χ2n) is 4.64. The third-order valence-electron chi connectivity index (χ3n) is 3.27. The number of rotatable bonds is 4. The van der Waals surface area contributed by atoms with E-state index in [9.17, 15) is 9.59 Å². The fraction of sp³-hybridized carbons (Fsp3) is 0.429. The molecule has 2 rings (SSSR count). The van der Waals surface area contributed by atoms with Crippen LogP contribution in [0.2, 0.25) is 0 Å². The smallest absolute Gasteiger partial charge is 0.248 e. The summed E-state index contributed by atoms with van der Waals surface area (Å²) in [5, 5.41) is 2.68. The highest BCUT2D eigenvalue weighted by molar-refractivity contribution is 5.96. The van der Waals surface area contributed by atoms with Crippen molar-refractivity contribution in [1.82, 2.24) is 10.2 Å². The molecule has 0 saturated carbocycles. The van der Waals surface area contributed by atoms with Gasteiger partial charge in [-0.25, -0.2) is 0 Å². The summed E-state index contributed by atoms with van der Waals surface area (Å²) in [6.45, 7) is 2.37. The molecule has 0 bridgehead atoms. The van der Waals surface area contributed by atoms with Gasteiger partial charge in [-0.05, 0) is 12.5 Å². The van der Waals surface area contributed by atoms with Crippen molar-refractivity contribution >= 4 is 11.8 Å².